The summed E-state index contributed by atoms with van der Waals surface area (Å²) < 4.78 is -1.20. The molecule has 1 aliphatic carbocycles. The lowest BCUT2D eigenvalue weighted by molar-refractivity contribution is -0.429. The fraction of sp³-hybridized carbons (Fsp3) is 0.429. The summed E-state index contributed by atoms with van der Waals surface area (Å²) in [6.45, 7) is 2.05. The molecule has 0 radical (unpaired) electrons. The molecule has 0 saturated heterocycles. The van der Waals surface area contributed by atoms with Gasteiger partial charge in [-0.1, -0.05) is 29.3 Å². The summed E-state index contributed by atoms with van der Waals surface area (Å²) in [7, 11) is 1.86. The predicted octanol–water partition coefficient (Wildman–Crippen LogP) is 4.37. The zero-order chi connectivity index (χ0) is 15.6. The van der Waals surface area contributed by atoms with Crippen LogP contribution in [0.3, 0.4) is 0 Å². The molecule has 1 N–H and O–H groups in total. The van der Waals surface area contributed by atoms with Gasteiger partial charge in [-0.3, -0.25) is 10.1 Å². The first-order chi connectivity index (χ1) is 9.84. The molecule has 1 aromatic rings. The van der Waals surface area contributed by atoms with Crippen molar-refractivity contribution >= 4 is 34.5 Å². The van der Waals surface area contributed by atoms with Crippen molar-refractivity contribution in [3.8, 4) is 0 Å². The first-order valence-corrected chi connectivity index (χ1v) is 8.12. The van der Waals surface area contributed by atoms with Gasteiger partial charge in [0.2, 0.25) is 0 Å². The number of nitrogens with zero attached hydrogens (tertiary/aromatic N) is 1. The van der Waals surface area contributed by atoms with Gasteiger partial charge in [0.25, 0.3) is 5.70 Å². The monoisotopic (exact) mass is 346 g/mol. The van der Waals surface area contributed by atoms with E-state index in [1.54, 1.807) is 23.5 Å². The molecule has 4 nitrogen and oxygen atoms in total. The SMILES string of the molecule is CNC(CC1=C([N+](=O)[O-])CC(Cl)(Cl)C=C1)c1ccsc1C. The van der Waals surface area contributed by atoms with E-state index >= 15 is 0 Å². The smallest absolute Gasteiger partial charge is 0.252 e. The van der Waals surface area contributed by atoms with Crippen LogP contribution in [-0.4, -0.2) is 16.3 Å². The molecule has 0 aromatic carbocycles. The fourth-order valence-electron chi connectivity index (χ4n) is 2.43. The Labute approximate surface area is 137 Å². The van der Waals surface area contributed by atoms with Crippen LogP contribution >= 0.6 is 34.5 Å². The van der Waals surface area contributed by atoms with Crippen LogP contribution in [0.5, 0.6) is 0 Å². The number of nitrogens with one attached hydrogen (secondary N) is 1. The summed E-state index contributed by atoms with van der Waals surface area (Å²) >= 11 is 13.7. The topological polar surface area (TPSA) is 55.2 Å². The van der Waals surface area contributed by atoms with E-state index in [4.69, 9.17) is 23.2 Å². The van der Waals surface area contributed by atoms with Crippen LogP contribution in [0.15, 0.2) is 34.9 Å². The Balaban J connectivity index is 2.29. The van der Waals surface area contributed by atoms with Crippen LogP contribution in [0.4, 0.5) is 0 Å². The van der Waals surface area contributed by atoms with Crippen LogP contribution in [0.2, 0.25) is 0 Å². The average molecular weight is 347 g/mol. The number of halogens is 2. The Kier molecular flexibility index (Phi) is 5.09. The number of aryl methyl sites for hydroxylation is 1. The molecular weight excluding hydrogens is 331 g/mol. The molecule has 0 amide bonds. The lowest BCUT2D eigenvalue weighted by Gasteiger charge is -2.22. The van der Waals surface area contributed by atoms with Crippen molar-refractivity contribution in [1.29, 1.82) is 0 Å². The van der Waals surface area contributed by atoms with E-state index in [-0.39, 0.29) is 23.1 Å². The van der Waals surface area contributed by atoms with E-state index in [1.807, 2.05) is 25.4 Å². The van der Waals surface area contributed by atoms with Gasteiger partial charge in [0, 0.05) is 16.5 Å². The minimum atomic E-state index is -1.20. The molecule has 1 aromatic heterocycles. The molecule has 0 saturated carbocycles. The van der Waals surface area contributed by atoms with E-state index in [1.165, 1.54) is 10.4 Å². The number of hydrogen-bond acceptors (Lipinski definition) is 4. The highest BCUT2D eigenvalue weighted by Gasteiger charge is 2.34. The van der Waals surface area contributed by atoms with Gasteiger partial charge >= 0.3 is 0 Å². The highest BCUT2D eigenvalue weighted by Crippen LogP contribution is 2.39. The van der Waals surface area contributed by atoms with Crippen molar-refractivity contribution in [1.82, 2.24) is 5.32 Å². The second-order valence-corrected chi connectivity index (χ2v) is 7.64. The van der Waals surface area contributed by atoms with E-state index in [9.17, 15) is 10.1 Å². The summed E-state index contributed by atoms with van der Waals surface area (Å²) in [6.07, 6.45) is 3.85. The molecule has 2 rings (SSSR count). The van der Waals surface area contributed by atoms with Crippen LogP contribution in [0, 0.1) is 17.0 Å². The van der Waals surface area contributed by atoms with Crippen LogP contribution in [0.25, 0.3) is 0 Å². The van der Waals surface area contributed by atoms with Crippen LogP contribution in [-0.2, 0) is 0 Å². The van der Waals surface area contributed by atoms with Crippen molar-refractivity contribution in [2.45, 2.75) is 30.1 Å². The Morgan fingerprint density at radius 3 is 2.81 bits per heavy atom. The van der Waals surface area contributed by atoms with Crippen molar-refractivity contribution in [3.63, 3.8) is 0 Å². The summed E-state index contributed by atoms with van der Waals surface area (Å²) in [5.41, 5.74) is 1.93. The number of thiophene rings is 1. The maximum atomic E-state index is 11.3. The lowest BCUT2D eigenvalue weighted by Crippen LogP contribution is -2.22. The maximum absolute atomic E-state index is 11.3. The normalized spacial score (nSPS) is 18.9. The molecule has 1 unspecified atom stereocenters. The van der Waals surface area contributed by atoms with E-state index in [0.717, 1.165) is 0 Å². The van der Waals surface area contributed by atoms with Crippen molar-refractivity contribution in [2.24, 2.45) is 0 Å². The average Bonchev–Trinajstić information content (AvgIpc) is 2.83. The number of nitro groups is 1. The van der Waals surface area contributed by atoms with Gasteiger partial charge in [0.15, 0.2) is 0 Å². The first kappa shape index (κ1) is 16.5. The zero-order valence-corrected chi connectivity index (χ0v) is 14.1. The molecule has 7 heteroatoms. The second kappa shape index (κ2) is 6.48. The molecule has 1 aliphatic rings. The molecule has 0 aliphatic heterocycles. The Morgan fingerprint density at radius 1 is 1.57 bits per heavy atom. The molecule has 1 atom stereocenters. The molecule has 21 heavy (non-hydrogen) atoms. The van der Waals surface area contributed by atoms with Gasteiger partial charge in [-0.15, -0.1) is 11.3 Å². The van der Waals surface area contributed by atoms with Gasteiger partial charge in [-0.05, 0) is 43.5 Å². The van der Waals surface area contributed by atoms with E-state index in [0.29, 0.717) is 12.0 Å². The van der Waals surface area contributed by atoms with Crippen molar-refractivity contribution in [3.05, 3.63) is 55.4 Å². The standard InChI is InChI=1S/C14H16Cl2N2O2S/c1-9-11(4-6-21-9)12(17-2)7-10-3-5-14(15,16)8-13(10)18(19)20/h3-6,12,17H,7-8H2,1-2H3. The molecule has 1 heterocycles. The molecular formula is C14H16Cl2N2O2S. The number of rotatable bonds is 5. The zero-order valence-electron chi connectivity index (χ0n) is 11.7. The number of allylic oxidation sites excluding steroid dienone is 3. The first-order valence-electron chi connectivity index (χ1n) is 6.49. The van der Waals surface area contributed by atoms with Gasteiger partial charge in [0.05, 0.1) is 11.3 Å². The van der Waals surface area contributed by atoms with Crippen LogP contribution < -0.4 is 5.32 Å². The fourth-order valence-corrected chi connectivity index (χ4v) is 3.57. The quantitative estimate of drug-likeness (QED) is 0.489. The van der Waals surface area contributed by atoms with Gasteiger partial charge < -0.3 is 5.32 Å². The Hall–Kier alpha value is -0.880. The predicted molar refractivity (Wildman–Crippen MR) is 87.7 cm³/mol. The van der Waals surface area contributed by atoms with Gasteiger partial charge in [0.1, 0.15) is 4.33 Å². The third-order valence-electron chi connectivity index (χ3n) is 3.57. The summed E-state index contributed by atoms with van der Waals surface area (Å²) in [6, 6.07) is 2.08. The Bertz CT molecular complexity index is 608. The summed E-state index contributed by atoms with van der Waals surface area (Å²) in [5, 5.41) is 16.5. The summed E-state index contributed by atoms with van der Waals surface area (Å²) in [5.74, 6) is 0. The Morgan fingerprint density at radius 2 is 2.29 bits per heavy atom. The molecule has 0 fully saturated rings. The highest BCUT2D eigenvalue weighted by molar-refractivity contribution is 7.10. The van der Waals surface area contributed by atoms with Gasteiger partial charge in [-0.25, -0.2) is 0 Å². The summed E-state index contributed by atoms with van der Waals surface area (Å²) in [4.78, 5) is 12.1. The number of hydrogen-bond donors (Lipinski definition) is 1. The minimum absolute atomic E-state index is 0.0218. The van der Waals surface area contributed by atoms with Gasteiger partial charge in [-0.2, -0.15) is 0 Å². The third-order valence-corrected chi connectivity index (χ3v) is 4.95. The van der Waals surface area contributed by atoms with Crippen molar-refractivity contribution < 1.29 is 4.92 Å². The molecule has 0 spiro atoms. The molecule has 114 valence electrons. The largest absolute Gasteiger partial charge is 0.313 e. The van der Waals surface area contributed by atoms with E-state index in [2.05, 4.69) is 5.32 Å². The minimum Gasteiger partial charge on any atom is -0.313 e. The molecule has 0 bridgehead atoms. The van der Waals surface area contributed by atoms with E-state index < -0.39 is 4.33 Å². The lowest BCUT2D eigenvalue weighted by atomic mass is 9.94. The van der Waals surface area contributed by atoms with Crippen LogP contribution in [0.1, 0.15) is 29.3 Å². The maximum Gasteiger partial charge on any atom is 0.252 e. The second-order valence-electron chi connectivity index (χ2n) is 4.98. The van der Waals surface area contributed by atoms with Crippen molar-refractivity contribution in [2.75, 3.05) is 7.05 Å². The number of alkyl halides is 2. The third kappa shape index (κ3) is 3.86. The highest BCUT2D eigenvalue weighted by atomic mass is 35.5.